The minimum Gasteiger partial charge on any atom is -0.305 e. The van der Waals surface area contributed by atoms with Gasteiger partial charge in [0.05, 0.1) is 23.3 Å². The summed E-state index contributed by atoms with van der Waals surface area (Å²) in [6.45, 7) is 4.22. The van der Waals surface area contributed by atoms with Crippen molar-refractivity contribution in [2.45, 2.75) is 20.4 Å². The van der Waals surface area contributed by atoms with Crippen molar-refractivity contribution in [2.75, 3.05) is 0 Å². The predicted molar refractivity (Wildman–Crippen MR) is 91.0 cm³/mol. The highest BCUT2D eigenvalue weighted by Crippen LogP contribution is 2.25. The summed E-state index contributed by atoms with van der Waals surface area (Å²) in [7, 11) is 0. The molecule has 0 atom stereocenters. The summed E-state index contributed by atoms with van der Waals surface area (Å²) >= 11 is 0. The van der Waals surface area contributed by atoms with E-state index in [1.807, 2.05) is 47.7 Å². The second-order valence-electron chi connectivity index (χ2n) is 5.80. The Balaban J connectivity index is 2.05. The van der Waals surface area contributed by atoms with Crippen LogP contribution in [0, 0.1) is 6.92 Å². The number of nitrogens with zero attached hydrogens (tertiary/aromatic N) is 3. The Hall–Kier alpha value is -2.88. The van der Waals surface area contributed by atoms with Crippen molar-refractivity contribution in [3.8, 4) is 0 Å². The molecule has 2 heterocycles. The standard InChI is InChI=1S/C19H17N3O/c1-13-18(14(2)23)22-17-11-7-6-10-16(17)21(19(22)20-13)12-15-8-4-3-5-9-15/h3-11H,12H2,1-2H3. The first kappa shape index (κ1) is 13.8. The molecule has 2 aromatic carbocycles. The van der Waals surface area contributed by atoms with Gasteiger partial charge < -0.3 is 4.57 Å². The van der Waals surface area contributed by atoms with Crippen molar-refractivity contribution in [3.05, 3.63) is 71.5 Å². The SMILES string of the molecule is CC(=O)c1c(C)nc2n(Cc3ccccc3)c3ccccc3n12. The largest absolute Gasteiger partial charge is 0.305 e. The summed E-state index contributed by atoms with van der Waals surface area (Å²) < 4.78 is 4.15. The zero-order chi connectivity index (χ0) is 16.0. The highest BCUT2D eigenvalue weighted by molar-refractivity contribution is 5.97. The monoisotopic (exact) mass is 303 g/mol. The number of para-hydroxylation sites is 2. The molecular weight excluding hydrogens is 286 g/mol. The van der Waals surface area contributed by atoms with Crippen LogP contribution in [0.4, 0.5) is 0 Å². The summed E-state index contributed by atoms with van der Waals surface area (Å²) in [6.07, 6.45) is 0. The number of aryl methyl sites for hydroxylation is 1. The second-order valence-corrected chi connectivity index (χ2v) is 5.80. The van der Waals surface area contributed by atoms with Crippen molar-refractivity contribution >= 4 is 22.6 Å². The van der Waals surface area contributed by atoms with E-state index in [1.54, 1.807) is 6.92 Å². The average molecular weight is 303 g/mol. The zero-order valence-electron chi connectivity index (χ0n) is 13.2. The molecule has 4 aromatic rings. The number of carbonyl (C=O) groups is 1. The molecule has 2 aromatic heterocycles. The van der Waals surface area contributed by atoms with Gasteiger partial charge in [0.15, 0.2) is 5.78 Å². The van der Waals surface area contributed by atoms with E-state index in [0.29, 0.717) is 5.69 Å². The fraction of sp³-hybridized carbons (Fsp3) is 0.158. The number of hydrogen-bond donors (Lipinski definition) is 0. The van der Waals surface area contributed by atoms with Crippen LogP contribution in [0.25, 0.3) is 16.8 Å². The van der Waals surface area contributed by atoms with Gasteiger partial charge >= 0.3 is 0 Å². The summed E-state index contributed by atoms with van der Waals surface area (Å²) in [5.41, 5.74) is 4.76. The van der Waals surface area contributed by atoms with Crippen molar-refractivity contribution in [1.82, 2.24) is 14.0 Å². The average Bonchev–Trinajstić information content (AvgIpc) is 3.03. The van der Waals surface area contributed by atoms with E-state index in [-0.39, 0.29) is 5.78 Å². The molecule has 0 aliphatic rings. The number of fused-ring (bicyclic) bond motifs is 3. The lowest BCUT2D eigenvalue weighted by molar-refractivity contribution is 0.101. The highest BCUT2D eigenvalue weighted by atomic mass is 16.1. The Morgan fingerprint density at radius 3 is 2.35 bits per heavy atom. The van der Waals surface area contributed by atoms with Gasteiger partial charge in [-0.15, -0.1) is 0 Å². The van der Waals surface area contributed by atoms with Crippen LogP contribution in [0.5, 0.6) is 0 Å². The lowest BCUT2D eigenvalue weighted by Gasteiger charge is -2.05. The van der Waals surface area contributed by atoms with Gasteiger partial charge in [0, 0.05) is 6.92 Å². The molecule has 4 nitrogen and oxygen atoms in total. The van der Waals surface area contributed by atoms with Crippen LogP contribution in [0.1, 0.15) is 28.7 Å². The van der Waals surface area contributed by atoms with Gasteiger partial charge in [-0.3, -0.25) is 9.20 Å². The maximum Gasteiger partial charge on any atom is 0.216 e. The molecular formula is C19H17N3O. The van der Waals surface area contributed by atoms with Crippen LogP contribution in [-0.2, 0) is 6.54 Å². The van der Waals surface area contributed by atoms with Crippen molar-refractivity contribution in [1.29, 1.82) is 0 Å². The molecule has 0 aliphatic carbocycles. The first-order chi connectivity index (χ1) is 11.2. The third-order valence-electron chi connectivity index (χ3n) is 4.21. The Labute approximate surface area is 134 Å². The quantitative estimate of drug-likeness (QED) is 0.539. The number of imidazole rings is 2. The van der Waals surface area contributed by atoms with Gasteiger partial charge in [0.2, 0.25) is 5.78 Å². The minimum atomic E-state index is 0.0395. The minimum absolute atomic E-state index is 0.0395. The smallest absolute Gasteiger partial charge is 0.216 e. The third kappa shape index (κ3) is 2.06. The molecule has 0 bridgehead atoms. The lowest BCUT2D eigenvalue weighted by atomic mass is 10.2. The molecule has 0 aliphatic heterocycles. The first-order valence-electron chi connectivity index (χ1n) is 7.68. The Bertz CT molecular complexity index is 1030. The molecule has 0 spiro atoms. The summed E-state index contributed by atoms with van der Waals surface area (Å²) in [4.78, 5) is 16.8. The Morgan fingerprint density at radius 2 is 1.65 bits per heavy atom. The van der Waals surface area contributed by atoms with Crippen LogP contribution in [0.15, 0.2) is 54.6 Å². The van der Waals surface area contributed by atoms with E-state index < -0.39 is 0 Å². The van der Waals surface area contributed by atoms with Gasteiger partial charge in [0.25, 0.3) is 0 Å². The molecule has 4 heteroatoms. The molecule has 0 fully saturated rings. The fourth-order valence-corrected chi connectivity index (χ4v) is 3.25. The maximum atomic E-state index is 12.1. The zero-order valence-corrected chi connectivity index (χ0v) is 13.2. The molecule has 4 rings (SSSR count). The van der Waals surface area contributed by atoms with E-state index in [0.717, 1.165) is 29.0 Å². The predicted octanol–water partition coefficient (Wildman–Crippen LogP) is 3.85. The highest BCUT2D eigenvalue weighted by Gasteiger charge is 2.20. The molecule has 0 saturated carbocycles. The summed E-state index contributed by atoms with van der Waals surface area (Å²) in [6, 6.07) is 18.4. The van der Waals surface area contributed by atoms with E-state index in [9.17, 15) is 4.79 Å². The van der Waals surface area contributed by atoms with Crippen LogP contribution in [0.2, 0.25) is 0 Å². The van der Waals surface area contributed by atoms with Crippen molar-refractivity contribution in [2.24, 2.45) is 0 Å². The molecule has 0 amide bonds. The Kier molecular flexibility index (Phi) is 3.05. The normalized spacial score (nSPS) is 11.4. The van der Waals surface area contributed by atoms with Crippen LogP contribution < -0.4 is 0 Å². The number of rotatable bonds is 3. The van der Waals surface area contributed by atoms with Gasteiger partial charge in [-0.05, 0) is 24.6 Å². The van der Waals surface area contributed by atoms with E-state index in [2.05, 4.69) is 27.8 Å². The lowest BCUT2D eigenvalue weighted by Crippen LogP contribution is -2.00. The Morgan fingerprint density at radius 1 is 1.00 bits per heavy atom. The molecule has 0 saturated heterocycles. The van der Waals surface area contributed by atoms with E-state index >= 15 is 0 Å². The molecule has 0 unspecified atom stereocenters. The van der Waals surface area contributed by atoms with Crippen LogP contribution in [0.3, 0.4) is 0 Å². The van der Waals surface area contributed by atoms with Gasteiger partial charge in [-0.2, -0.15) is 0 Å². The van der Waals surface area contributed by atoms with Gasteiger partial charge in [-0.1, -0.05) is 42.5 Å². The number of aromatic nitrogens is 3. The van der Waals surface area contributed by atoms with Crippen LogP contribution >= 0.6 is 0 Å². The summed E-state index contributed by atoms with van der Waals surface area (Å²) in [5.74, 6) is 0.857. The number of Topliss-reactive ketones (excluding diaryl/α,β-unsaturated/α-hetero) is 1. The molecule has 23 heavy (non-hydrogen) atoms. The van der Waals surface area contributed by atoms with Crippen molar-refractivity contribution in [3.63, 3.8) is 0 Å². The van der Waals surface area contributed by atoms with E-state index in [1.165, 1.54) is 5.56 Å². The number of carbonyl (C=O) groups excluding carboxylic acids is 1. The first-order valence-corrected chi connectivity index (χ1v) is 7.68. The number of benzene rings is 2. The topological polar surface area (TPSA) is 39.3 Å². The molecule has 0 radical (unpaired) electrons. The van der Waals surface area contributed by atoms with Crippen molar-refractivity contribution < 1.29 is 4.79 Å². The second kappa shape index (κ2) is 5.09. The van der Waals surface area contributed by atoms with Gasteiger partial charge in [-0.25, -0.2) is 4.98 Å². The maximum absolute atomic E-state index is 12.1. The summed E-state index contributed by atoms with van der Waals surface area (Å²) in [5, 5.41) is 0. The number of ketones is 1. The van der Waals surface area contributed by atoms with Gasteiger partial charge in [0.1, 0.15) is 5.69 Å². The molecule has 114 valence electrons. The van der Waals surface area contributed by atoms with Crippen LogP contribution in [-0.4, -0.2) is 19.7 Å². The fourth-order valence-electron chi connectivity index (χ4n) is 3.25. The number of hydrogen-bond acceptors (Lipinski definition) is 2. The third-order valence-corrected chi connectivity index (χ3v) is 4.21. The van der Waals surface area contributed by atoms with E-state index in [4.69, 9.17) is 0 Å². The molecule has 0 N–H and O–H groups in total.